The number of hydrogen-bond donors (Lipinski definition) is 1. The monoisotopic (exact) mass is 235 g/mol. The van der Waals surface area contributed by atoms with Gasteiger partial charge in [0.25, 0.3) is 0 Å². The zero-order valence-corrected chi connectivity index (χ0v) is 10.6. The zero-order chi connectivity index (χ0) is 12.1. The fourth-order valence-corrected chi connectivity index (χ4v) is 2.46. The normalized spacial score (nSPS) is 20.4. The number of nitrogens with one attached hydrogen (secondary N) is 1. The average Bonchev–Trinajstić information content (AvgIpc) is 2.40. The fraction of sp³-hybridized carbons (Fsp3) is 0.615. The molecule has 1 aromatic heterocycles. The Labute approximate surface area is 103 Å². The van der Waals surface area contributed by atoms with E-state index < -0.39 is 0 Å². The van der Waals surface area contributed by atoms with Crippen LogP contribution in [0.2, 0.25) is 0 Å². The van der Waals surface area contributed by atoms with Crippen LogP contribution in [0.1, 0.15) is 12.8 Å². The van der Waals surface area contributed by atoms with Crippen molar-refractivity contribution in [1.82, 2.24) is 10.3 Å². The maximum Gasteiger partial charge on any atom is 0.214 e. The van der Waals surface area contributed by atoms with E-state index in [9.17, 15) is 0 Å². The summed E-state index contributed by atoms with van der Waals surface area (Å²) in [5.41, 5.74) is 1.22. The van der Waals surface area contributed by atoms with Gasteiger partial charge in [-0.25, -0.2) is 4.98 Å². The summed E-state index contributed by atoms with van der Waals surface area (Å²) in [4.78, 5) is 6.57. The molecule has 4 heteroatoms. The summed E-state index contributed by atoms with van der Waals surface area (Å²) in [6.45, 7) is 3.35. The maximum absolute atomic E-state index is 5.17. The first-order chi connectivity index (χ1) is 8.33. The van der Waals surface area contributed by atoms with Crippen LogP contribution in [0.25, 0.3) is 0 Å². The minimum Gasteiger partial charge on any atom is -0.481 e. The van der Waals surface area contributed by atoms with Gasteiger partial charge >= 0.3 is 0 Å². The van der Waals surface area contributed by atoms with E-state index in [1.54, 1.807) is 7.11 Å². The highest BCUT2D eigenvalue weighted by molar-refractivity contribution is 5.48. The van der Waals surface area contributed by atoms with E-state index in [1.807, 2.05) is 19.3 Å². The van der Waals surface area contributed by atoms with Gasteiger partial charge in [0.1, 0.15) is 0 Å². The van der Waals surface area contributed by atoms with E-state index in [-0.39, 0.29) is 0 Å². The van der Waals surface area contributed by atoms with Crippen LogP contribution < -0.4 is 15.0 Å². The van der Waals surface area contributed by atoms with Gasteiger partial charge in [-0.3, -0.25) is 0 Å². The summed E-state index contributed by atoms with van der Waals surface area (Å²) in [6.07, 6.45) is 4.40. The first kappa shape index (κ1) is 12.2. The summed E-state index contributed by atoms with van der Waals surface area (Å²) in [5.74, 6) is 1.44. The Kier molecular flexibility index (Phi) is 4.20. The highest BCUT2D eigenvalue weighted by atomic mass is 16.5. The first-order valence-corrected chi connectivity index (χ1v) is 6.23. The molecule has 1 fully saturated rings. The molecule has 0 amide bonds. The quantitative estimate of drug-likeness (QED) is 0.858. The lowest BCUT2D eigenvalue weighted by Crippen LogP contribution is -2.39. The zero-order valence-electron chi connectivity index (χ0n) is 10.6. The second-order valence-corrected chi connectivity index (χ2v) is 4.57. The van der Waals surface area contributed by atoms with Crippen LogP contribution >= 0.6 is 0 Å². The van der Waals surface area contributed by atoms with Crippen molar-refractivity contribution in [2.24, 2.45) is 5.92 Å². The largest absolute Gasteiger partial charge is 0.481 e. The minimum atomic E-state index is 0.693. The van der Waals surface area contributed by atoms with E-state index in [4.69, 9.17) is 4.74 Å². The fourth-order valence-electron chi connectivity index (χ4n) is 2.46. The Hall–Kier alpha value is -1.29. The van der Waals surface area contributed by atoms with Gasteiger partial charge in [-0.1, -0.05) is 0 Å². The molecule has 0 radical (unpaired) electrons. The van der Waals surface area contributed by atoms with Crippen molar-refractivity contribution in [3.8, 4) is 5.88 Å². The van der Waals surface area contributed by atoms with Crippen molar-refractivity contribution in [3.63, 3.8) is 0 Å². The average molecular weight is 235 g/mol. The molecular weight excluding hydrogens is 214 g/mol. The smallest absolute Gasteiger partial charge is 0.214 e. The van der Waals surface area contributed by atoms with Crippen LogP contribution in [0, 0.1) is 5.92 Å². The van der Waals surface area contributed by atoms with Crippen LogP contribution in [0.5, 0.6) is 5.88 Å². The van der Waals surface area contributed by atoms with E-state index in [2.05, 4.69) is 21.3 Å². The molecule has 0 saturated carbocycles. The Morgan fingerprint density at radius 3 is 3.24 bits per heavy atom. The number of ether oxygens (including phenoxy) is 1. The number of nitrogens with zero attached hydrogens (tertiary/aromatic N) is 2. The molecule has 0 spiro atoms. The molecule has 1 atom stereocenters. The lowest BCUT2D eigenvalue weighted by atomic mass is 9.97. The molecule has 1 aromatic rings. The van der Waals surface area contributed by atoms with Crippen molar-refractivity contribution >= 4 is 5.69 Å². The summed E-state index contributed by atoms with van der Waals surface area (Å²) in [5, 5.41) is 3.27. The van der Waals surface area contributed by atoms with Crippen molar-refractivity contribution in [3.05, 3.63) is 18.3 Å². The Morgan fingerprint density at radius 1 is 1.59 bits per heavy atom. The van der Waals surface area contributed by atoms with Gasteiger partial charge < -0.3 is 15.0 Å². The third-order valence-electron chi connectivity index (χ3n) is 3.30. The highest BCUT2D eigenvalue weighted by Gasteiger charge is 2.19. The van der Waals surface area contributed by atoms with Gasteiger partial charge in [0.2, 0.25) is 5.88 Å². The molecule has 1 unspecified atom stereocenters. The Bertz CT molecular complexity index is 354. The van der Waals surface area contributed by atoms with E-state index >= 15 is 0 Å². The molecule has 94 valence electrons. The molecular formula is C13H21N3O. The number of aromatic nitrogens is 1. The molecule has 1 N–H and O–H groups in total. The molecule has 4 nitrogen and oxygen atoms in total. The number of piperidine rings is 1. The van der Waals surface area contributed by atoms with Crippen LogP contribution in [0.4, 0.5) is 5.69 Å². The standard InChI is InChI=1S/C13H21N3O/c1-14-9-11-4-3-7-16(10-11)12-5-6-15-13(8-12)17-2/h5-6,8,11,14H,3-4,7,9-10H2,1-2H3. The predicted molar refractivity (Wildman–Crippen MR) is 69.7 cm³/mol. The van der Waals surface area contributed by atoms with Crippen molar-refractivity contribution in [1.29, 1.82) is 0 Å². The summed E-state index contributed by atoms with van der Waals surface area (Å²) >= 11 is 0. The molecule has 1 saturated heterocycles. The number of anilines is 1. The topological polar surface area (TPSA) is 37.4 Å². The molecule has 0 aromatic carbocycles. The lowest BCUT2D eigenvalue weighted by molar-refractivity contribution is 0.393. The van der Waals surface area contributed by atoms with Crippen molar-refractivity contribution in [2.75, 3.05) is 38.7 Å². The van der Waals surface area contributed by atoms with Gasteiger partial charge in [0.05, 0.1) is 7.11 Å². The molecule has 2 rings (SSSR count). The number of pyridine rings is 1. The highest BCUT2D eigenvalue weighted by Crippen LogP contribution is 2.24. The van der Waals surface area contributed by atoms with Crippen LogP contribution in [-0.2, 0) is 0 Å². The third-order valence-corrected chi connectivity index (χ3v) is 3.30. The lowest BCUT2D eigenvalue weighted by Gasteiger charge is -2.34. The molecule has 0 bridgehead atoms. The van der Waals surface area contributed by atoms with Gasteiger partial charge in [0, 0.05) is 31.0 Å². The number of hydrogen-bond acceptors (Lipinski definition) is 4. The second kappa shape index (κ2) is 5.87. The molecule has 1 aliphatic heterocycles. The van der Waals surface area contributed by atoms with E-state index in [1.165, 1.54) is 18.5 Å². The Balaban J connectivity index is 2.05. The Morgan fingerprint density at radius 2 is 2.47 bits per heavy atom. The summed E-state index contributed by atoms with van der Waals surface area (Å²) in [6, 6.07) is 4.08. The molecule has 2 heterocycles. The van der Waals surface area contributed by atoms with Crippen molar-refractivity contribution < 1.29 is 4.74 Å². The predicted octanol–water partition coefficient (Wildman–Crippen LogP) is 1.53. The summed E-state index contributed by atoms with van der Waals surface area (Å²) < 4.78 is 5.17. The van der Waals surface area contributed by atoms with Gasteiger partial charge in [-0.2, -0.15) is 0 Å². The van der Waals surface area contributed by atoms with E-state index in [0.717, 1.165) is 25.6 Å². The number of rotatable bonds is 4. The van der Waals surface area contributed by atoms with Gasteiger partial charge in [-0.05, 0) is 38.4 Å². The maximum atomic E-state index is 5.17. The first-order valence-electron chi connectivity index (χ1n) is 6.23. The second-order valence-electron chi connectivity index (χ2n) is 4.57. The SMILES string of the molecule is CNCC1CCCN(c2ccnc(OC)c2)C1. The minimum absolute atomic E-state index is 0.693. The van der Waals surface area contributed by atoms with Crippen LogP contribution in [0.3, 0.4) is 0 Å². The van der Waals surface area contributed by atoms with Gasteiger partial charge in [0.15, 0.2) is 0 Å². The molecule has 1 aliphatic rings. The summed E-state index contributed by atoms with van der Waals surface area (Å²) in [7, 11) is 3.68. The van der Waals surface area contributed by atoms with Gasteiger partial charge in [-0.15, -0.1) is 0 Å². The number of methoxy groups -OCH3 is 1. The van der Waals surface area contributed by atoms with Crippen LogP contribution in [0.15, 0.2) is 18.3 Å². The molecule has 17 heavy (non-hydrogen) atoms. The molecule has 0 aliphatic carbocycles. The van der Waals surface area contributed by atoms with Crippen molar-refractivity contribution in [2.45, 2.75) is 12.8 Å². The third kappa shape index (κ3) is 3.09. The van der Waals surface area contributed by atoms with E-state index in [0.29, 0.717) is 5.88 Å². The van der Waals surface area contributed by atoms with Crippen LogP contribution in [-0.4, -0.2) is 38.8 Å².